The van der Waals surface area contributed by atoms with Gasteiger partial charge in [0, 0.05) is 7.05 Å². The first-order chi connectivity index (χ1) is 15.3. The van der Waals surface area contributed by atoms with Crippen molar-refractivity contribution in [2.24, 2.45) is 27.2 Å². The molecule has 1 aliphatic rings. The van der Waals surface area contributed by atoms with Gasteiger partial charge >= 0.3 is 0 Å². The van der Waals surface area contributed by atoms with Crippen LogP contribution in [0.1, 0.15) is 0 Å². The van der Waals surface area contributed by atoms with Gasteiger partial charge in [0.2, 0.25) is 4.80 Å². The highest BCUT2D eigenvalue weighted by Crippen LogP contribution is 2.35. The molecule has 0 bridgehead atoms. The minimum atomic E-state index is 0.807. The van der Waals surface area contributed by atoms with E-state index in [1.54, 1.807) is 11.3 Å². The Morgan fingerprint density at radius 3 is 1.77 bits per heavy atom. The second-order valence-electron chi connectivity index (χ2n) is 6.59. The molecule has 0 N–H and O–H groups in total. The Morgan fingerprint density at radius 2 is 1.19 bits per heavy atom. The number of hydrogen-bond donors (Lipinski definition) is 0. The van der Waals surface area contributed by atoms with Crippen LogP contribution in [0.2, 0.25) is 0 Å². The minimum Gasteiger partial charge on any atom is -0.318 e. The molecular weight excluding hydrogens is 442 g/mol. The van der Waals surface area contributed by atoms with E-state index in [1.807, 2.05) is 79.8 Å². The lowest BCUT2D eigenvalue weighted by Crippen LogP contribution is -2.09. The fourth-order valence-corrected chi connectivity index (χ4v) is 5.88. The molecule has 0 spiro atoms. The van der Waals surface area contributed by atoms with Crippen molar-refractivity contribution in [1.29, 1.82) is 0 Å². The maximum Gasteiger partial charge on any atom is 0.211 e. The molecule has 8 heteroatoms. The standard InChI is InChI=1S/C23H17N5S3/c1-28-18-14-8-9-15-19(18)29-22(28)26-27-23-30-20(24-16-10-4-2-5-11-16)21(31-23)25-17-12-6-3-7-13-17/h2-15H,1H3/b24-20?,25-21?,26-22-,27-23?. The first-order valence-corrected chi connectivity index (χ1v) is 12.0. The Hall–Kier alpha value is -2.94. The molecule has 0 aliphatic carbocycles. The maximum absolute atomic E-state index is 4.80. The molecule has 5 rings (SSSR count). The summed E-state index contributed by atoms with van der Waals surface area (Å²) in [5.41, 5.74) is 2.93. The van der Waals surface area contributed by atoms with Crippen molar-refractivity contribution < 1.29 is 0 Å². The van der Waals surface area contributed by atoms with Crippen LogP contribution in [0.15, 0.2) is 105 Å². The molecule has 4 aromatic rings. The Morgan fingerprint density at radius 1 is 0.645 bits per heavy atom. The van der Waals surface area contributed by atoms with E-state index < -0.39 is 0 Å². The molecule has 31 heavy (non-hydrogen) atoms. The number of para-hydroxylation sites is 3. The van der Waals surface area contributed by atoms with E-state index in [0.29, 0.717) is 0 Å². The van der Waals surface area contributed by atoms with Crippen LogP contribution < -0.4 is 4.80 Å². The normalized spacial score (nSPS) is 17.2. The Balaban J connectivity index is 1.52. The summed E-state index contributed by atoms with van der Waals surface area (Å²) < 4.78 is 4.06. The van der Waals surface area contributed by atoms with Gasteiger partial charge in [-0.1, -0.05) is 59.9 Å². The summed E-state index contributed by atoms with van der Waals surface area (Å²) in [5, 5.41) is 10.7. The Labute approximate surface area is 192 Å². The fraction of sp³-hybridized carbons (Fsp3) is 0.0435. The van der Waals surface area contributed by atoms with E-state index in [4.69, 9.17) is 9.98 Å². The van der Waals surface area contributed by atoms with Crippen molar-refractivity contribution in [2.45, 2.75) is 0 Å². The number of benzene rings is 3. The highest BCUT2D eigenvalue weighted by atomic mass is 32.2. The van der Waals surface area contributed by atoms with Crippen LogP contribution in [-0.2, 0) is 7.05 Å². The monoisotopic (exact) mass is 459 g/mol. The molecule has 0 atom stereocenters. The van der Waals surface area contributed by atoms with Crippen LogP contribution in [-0.4, -0.2) is 19.0 Å². The number of aryl methyl sites for hydroxylation is 1. The zero-order chi connectivity index (χ0) is 21.0. The molecule has 1 fully saturated rings. The zero-order valence-electron chi connectivity index (χ0n) is 16.5. The van der Waals surface area contributed by atoms with Crippen LogP contribution in [0.25, 0.3) is 10.2 Å². The third-order valence-corrected chi connectivity index (χ3v) is 7.66. The summed E-state index contributed by atoms with van der Waals surface area (Å²) in [5.74, 6) is 0. The Kier molecular flexibility index (Phi) is 5.84. The van der Waals surface area contributed by atoms with Gasteiger partial charge in [-0.2, -0.15) is 0 Å². The number of thiazole rings is 1. The predicted molar refractivity (Wildman–Crippen MR) is 136 cm³/mol. The average Bonchev–Trinajstić information content (AvgIpc) is 3.34. The lowest BCUT2D eigenvalue weighted by atomic mass is 10.3. The number of fused-ring (bicyclic) bond motifs is 1. The molecular formula is C23H17N5S3. The number of rotatable bonds is 3. The predicted octanol–water partition coefficient (Wildman–Crippen LogP) is 6.35. The van der Waals surface area contributed by atoms with Gasteiger partial charge in [0.25, 0.3) is 0 Å². The molecule has 5 nitrogen and oxygen atoms in total. The lowest BCUT2D eigenvalue weighted by molar-refractivity contribution is 0.890. The third-order valence-electron chi connectivity index (χ3n) is 4.46. The summed E-state index contributed by atoms with van der Waals surface area (Å²) in [7, 11) is 2.01. The molecule has 0 radical (unpaired) electrons. The third kappa shape index (κ3) is 4.56. The topological polar surface area (TPSA) is 54.4 Å². The summed E-state index contributed by atoms with van der Waals surface area (Å²) in [6.07, 6.45) is 0. The largest absolute Gasteiger partial charge is 0.318 e. The SMILES string of the molecule is Cn1/c(=N/N=C2SC(=Nc3ccccc3)C(=Nc3ccccc3)S2)sc2ccccc21. The number of thioether (sulfide) groups is 2. The van der Waals surface area contributed by atoms with Crippen LogP contribution in [0.4, 0.5) is 11.4 Å². The van der Waals surface area contributed by atoms with Crippen LogP contribution in [0, 0.1) is 0 Å². The van der Waals surface area contributed by atoms with E-state index in [1.165, 1.54) is 28.2 Å². The van der Waals surface area contributed by atoms with Gasteiger partial charge in [0.05, 0.1) is 21.6 Å². The summed E-state index contributed by atoms with van der Waals surface area (Å²) in [6.45, 7) is 0. The molecule has 152 valence electrons. The number of aromatic nitrogens is 1. The smallest absolute Gasteiger partial charge is 0.211 e. The second kappa shape index (κ2) is 9.05. The van der Waals surface area contributed by atoms with Gasteiger partial charge in [-0.3, -0.25) is 0 Å². The van der Waals surface area contributed by atoms with Crippen molar-refractivity contribution in [3.63, 3.8) is 0 Å². The molecule has 0 saturated carbocycles. The van der Waals surface area contributed by atoms with Gasteiger partial charge in [-0.25, -0.2) is 9.98 Å². The van der Waals surface area contributed by atoms with E-state index in [0.717, 1.165) is 36.2 Å². The fourth-order valence-electron chi connectivity index (χ4n) is 2.96. The van der Waals surface area contributed by atoms with Crippen LogP contribution in [0.3, 0.4) is 0 Å². The van der Waals surface area contributed by atoms with E-state index in [-0.39, 0.29) is 0 Å². The molecule has 0 amide bonds. The Bertz CT molecular complexity index is 1320. The maximum atomic E-state index is 4.80. The molecule has 1 saturated heterocycles. The molecule has 2 heterocycles. The number of nitrogens with zero attached hydrogens (tertiary/aromatic N) is 5. The van der Waals surface area contributed by atoms with Gasteiger partial charge in [0.1, 0.15) is 10.1 Å². The van der Waals surface area contributed by atoms with Gasteiger partial charge < -0.3 is 4.57 Å². The summed E-state index contributed by atoms with van der Waals surface area (Å²) in [4.78, 5) is 10.4. The van der Waals surface area contributed by atoms with Gasteiger partial charge in [0.15, 0.2) is 4.38 Å². The first-order valence-electron chi connectivity index (χ1n) is 9.56. The highest BCUT2D eigenvalue weighted by Gasteiger charge is 2.26. The van der Waals surface area contributed by atoms with E-state index in [9.17, 15) is 0 Å². The van der Waals surface area contributed by atoms with Crippen LogP contribution >= 0.6 is 34.9 Å². The van der Waals surface area contributed by atoms with Crippen molar-refractivity contribution in [1.82, 2.24) is 4.57 Å². The average molecular weight is 460 g/mol. The summed E-state index contributed by atoms with van der Waals surface area (Å²) in [6, 6.07) is 28.1. The molecule has 1 aromatic heterocycles. The zero-order valence-corrected chi connectivity index (χ0v) is 19.0. The number of aliphatic imine (C=N–C) groups is 2. The minimum absolute atomic E-state index is 0.807. The van der Waals surface area contributed by atoms with E-state index in [2.05, 4.69) is 26.9 Å². The van der Waals surface area contributed by atoms with Crippen molar-refractivity contribution in [2.75, 3.05) is 0 Å². The molecule has 0 unspecified atom stereocenters. The van der Waals surface area contributed by atoms with Crippen molar-refractivity contribution >= 4 is 70.9 Å². The van der Waals surface area contributed by atoms with Crippen molar-refractivity contribution in [3.8, 4) is 0 Å². The van der Waals surface area contributed by atoms with Gasteiger partial charge in [-0.15, -0.1) is 10.2 Å². The van der Waals surface area contributed by atoms with Crippen LogP contribution in [0.5, 0.6) is 0 Å². The molecule has 3 aromatic carbocycles. The number of hydrogen-bond acceptors (Lipinski definition) is 7. The van der Waals surface area contributed by atoms with E-state index >= 15 is 0 Å². The summed E-state index contributed by atoms with van der Waals surface area (Å²) >= 11 is 4.62. The molecule has 1 aliphatic heterocycles. The van der Waals surface area contributed by atoms with Crippen molar-refractivity contribution in [3.05, 3.63) is 89.7 Å². The second-order valence-corrected chi connectivity index (χ2v) is 9.81. The lowest BCUT2D eigenvalue weighted by Gasteiger charge is -1.98. The highest BCUT2D eigenvalue weighted by molar-refractivity contribution is 8.57. The quantitative estimate of drug-likeness (QED) is 0.335. The first kappa shape index (κ1) is 20.0. The van der Waals surface area contributed by atoms with Gasteiger partial charge in [-0.05, 0) is 59.9 Å².